The van der Waals surface area contributed by atoms with E-state index in [-0.39, 0.29) is 0 Å². The summed E-state index contributed by atoms with van der Waals surface area (Å²) in [6.45, 7) is 3.12. The summed E-state index contributed by atoms with van der Waals surface area (Å²) in [4.78, 5) is 20.4. The summed E-state index contributed by atoms with van der Waals surface area (Å²) in [5.41, 5.74) is 1.71. The van der Waals surface area contributed by atoms with Crippen LogP contribution in [0, 0.1) is 0 Å². The first-order valence-corrected chi connectivity index (χ1v) is 2.14. The maximum atomic E-state index is 10.2. The van der Waals surface area contributed by atoms with Gasteiger partial charge < -0.3 is 0 Å². The fourth-order valence-corrected chi connectivity index (χ4v) is 0.199. The van der Waals surface area contributed by atoms with Gasteiger partial charge in [-0.3, -0.25) is 15.5 Å². The molecule has 5 heteroatoms. The van der Waals surface area contributed by atoms with Crippen molar-refractivity contribution in [1.82, 2.24) is 10.7 Å². The Morgan fingerprint density at radius 2 is 2.11 bits per heavy atom. The molecule has 50 valence electrons. The van der Waals surface area contributed by atoms with Crippen LogP contribution in [0.4, 0.5) is 4.79 Å². The van der Waals surface area contributed by atoms with Crippen LogP contribution in [0.2, 0.25) is 0 Å². The van der Waals surface area contributed by atoms with Gasteiger partial charge in [0.05, 0.1) is 0 Å². The SMILES string of the molecule is C=CC(=O)NC(=O)NN. The lowest BCUT2D eigenvalue weighted by Gasteiger charge is -1.95. The Bertz CT molecular complexity index is 143. The van der Waals surface area contributed by atoms with Crippen molar-refractivity contribution in [2.75, 3.05) is 0 Å². The van der Waals surface area contributed by atoms with Gasteiger partial charge in [0.2, 0.25) is 0 Å². The molecule has 0 fully saturated rings. The van der Waals surface area contributed by atoms with E-state index in [9.17, 15) is 9.59 Å². The zero-order valence-corrected chi connectivity index (χ0v) is 4.68. The average Bonchev–Trinajstić information content (AvgIpc) is 1.87. The highest BCUT2D eigenvalue weighted by Gasteiger charge is 1.98. The van der Waals surface area contributed by atoms with E-state index in [4.69, 9.17) is 0 Å². The molecule has 0 aliphatic rings. The van der Waals surface area contributed by atoms with E-state index in [0.29, 0.717) is 0 Å². The molecule has 0 aromatic carbocycles. The maximum absolute atomic E-state index is 10.2. The molecule has 0 atom stereocenters. The summed E-state index contributed by atoms with van der Waals surface area (Å²) in [5, 5.41) is 1.85. The Hall–Kier alpha value is -1.36. The lowest BCUT2D eigenvalue weighted by atomic mass is 10.6. The second-order valence-corrected chi connectivity index (χ2v) is 1.17. The molecule has 0 aromatic rings. The van der Waals surface area contributed by atoms with Crippen LogP contribution in [0.1, 0.15) is 0 Å². The number of hydrogen-bond donors (Lipinski definition) is 3. The standard InChI is InChI=1S/C4H7N3O2/c1-2-3(8)6-4(9)7-5/h2H,1,5H2,(H2,6,7,8,9). The van der Waals surface area contributed by atoms with Crippen LogP contribution in [0.15, 0.2) is 12.7 Å². The van der Waals surface area contributed by atoms with Gasteiger partial charge in [-0.25, -0.2) is 10.6 Å². The summed E-state index contributed by atoms with van der Waals surface area (Å²) in [6, 6.07) is -0.750. The van der Waals surface area contributed by atoms with Crippen molar-refractivity contribution < 1.29 is 9.59 Å². The van der Waals surface area contributed by atoms with E-state index in [1.54, 1.807) is 5.43 Å². The summed E-state index contributed by atoms with van der Waals surface area (Å²) < 4.78 is 0. The normalized spacial score (nSPS) is 7.67. The highest BCUT2D eigenvalue weighted by atomic mass is 16.2. The third kappa shape index (κ3) is 3.24. The number of urea groups is 1. The first-order chi connectivity index (χ1) is 4.20. The number of carbonyl (C=O) groups is 2. The minimum atomic E-state index is -0.750. The minimum absolute atomic E-state index is 0.585. The molecule has 0 aliphatic heterocycles. The predicted octanol–water partition coefficient (Wildman–Crippen LogP) is -1.13. The highest BCUT2D eigenvalue weighted by molar-refractivity contribution is 5.99. The lowest BCUT2D eigenvalue weighted by Crippen LogP contribution is -2.42. The van der Waals surface area contributed by atoms with Gasteiger partial charge in [0.25, 0.3) is 5.91 Å². The molecule has 5 nitrogen and oxygen atoms in total. The number of rotatable bonds is 1. The Morgan fingerprint density at radius 1 is 1.56 bits per heavy atom. The summed E-state index contributed by atoms with van der Waals surface area (Å²) in [5.74, 6) is 4.04. The van der Waals surface area contributed by atoms with Crippen LogP contribution in [-0.2, 0) is 4.79 Å². The predicted molar refractivity (Wildman–Crippen MR) is 31.1 cm³/mol. The lowest BCUT2D eigenvalue weighted by molar-refractivity contribution is -0.115. The number of nitrogens with two attached hydrogens (primary N) is 1. The molecule has 0 saturated heterocycles. The molecule has 0 saturated carbocycles. The molecule has 0 bridgehead atoms. The van der Waals surface area contributed by atoms with E-state index in [1.165, 1.54) is 0 Å². The first kappa shape index (κ1) is 7.64. The van der Waals surface area contributed by atoms with Gasteiger partial charge in [0.15, 0.2) is 0 Å². The van der Waals surface area contributed by atoms with E-state index in [2.05, 4.69) is 12.4 Å². The van der Waals surface area contributed by atoms with Crippen LogP contribution < -0.4 is 16.6 Å². The van der Waals surface area contributed by atoms with Gasteiger partial charge in [-0.05, 0) is 6.08 Å². The van der Waals surface area contributed by atoms with Crippen LogP contribution in [0.3, 0.4) is 0 Å². The fourth-order valence-electron chi connectivity index (χ4n) is 0.199. The van der Waals surface area contributed by atoms with E-state index in [1.807, 2.05) is 5.32 Å². The third-order valence-corrected chi connectivity index (χ3v) is 0.553. The molecule has 0 heterocycles. The molecule has 4 N–H and O–H groups in total. The smallest absolute Gasteiger partial charge is 0.276 e. The van der Waals surface area contributed by atoms with Crippen molar-refractivity contribution in [1.29, 1.82) is 0 Å². The molecule has 3 amide bonds. The summed E-state index contributed by atoms with van der Waals surface area (Å²) in [6.07, 6.45) is 0.967. The molecule has 0 spiro atoms. The van der Waals surface area contributed by atoms with Crippen molar-refractivity contribution in [3.63, 3.8) is 0 Å². The number of hydrogen-bond acceptors (Lipinski definition) is 3. The minimum Gasteiger partial charge on any atom is -0.276 e. The van der Waals surface area contributed by atoms with Gasteiger partial charge in [0, 0.05) is 0 Å². The monoisotopic (exact) mass is 129 g/mol. The molecule has 0 rings (SSSR count). The topological polar surface area (TPSA) is 84.2 Å². The fraction of sp³-hybridized carbons (Fsp3) is 0. The first-order valence-electron chi connectivity index (χ1n) is 2.14. The molecule has 0 aromatic heterocycles. The zero-order valence-electron chi connectivity index (χ0n) is 4.68. The number of nitrogens with one attached hydrogen (secondary N) is 2. The van der Waals surface area contributed by atoms with Crippen molar-refractivity contribution in [2.24, 2.45) is 5.84 Å². The molecule has 0 radical (unpaired) electrons. The van der Waals surface area contributed by atoms with Crippen molar-refractivity contribution in [3.05, 3.63) is 12.7 Å². The maximum Gasteiger partial charge on any atom is 0.335 e. The Morgan fingerprint density at radius 3 is 2.44 bits per heavy atom. The molecular formula is C4H7N3O2. The molecule has 0 unspecified atom stereocenters. The largest absolute Gasteiger partial charge is 0.335 e. The number of carbonyl (C=O) groups excluding carboxylic acids is 2. The summed E-state index contributed by atoms with van der Waals surface area (Å²) in [7, 11) is 0. The average molecular weight is 129 g/mol. The van der Waals surface area contributed by atoms with Gasteiger partial charge in [-0.1, -0.05) is 6.58 Å². The van der Waals surface area contributed by atoms with Crippen molar-refractivity contribution in [3.8, 4) is 0 Å². The molecular weight excluding hydrogens is 122 g/mol. The van der Waals surface area contributed by atoms with E-state index >= 15 is 0 Å². The van der Waals surface area contributed by atoms with Crippen LogP contribution in [-0.4, -0.2) is 11.9 Å². The Labute approximate surface area is 51.9 Å². The van der Waals surface area contributed by atoms with Gasteiger partial charge in [0.1, 0.15) is 0 Å². The Balaban J connectivity index is 3.59. The number of hydrazine groups is 1. The third-order valence-electron chi connectivity index (χ3n) is 0.553. The van der Waals surface area contributed by atoms with Crippen molar-refractivity contribution >= 4 is 11.9 Å². The van der Waals surface area contributed by atoms with Crippen LogP contribution in [0.5, 0.6) is 0 Å². The van der Waals surface area contributed by atoms with Gasteiger partial charge in [-0.15, -0.1) is 0 Å². The zero-order chi connectivity index (χ0) is 7.28. The molecule has 9 heavy (non-hydrogen) atoms. The van der Waals surface area contributed by atoms with Crippen molar-refractivity contribution in [2.45, 2.75) is 0 Å². The second kappa shape index (κ2) is 3.62. The van der Waals surface area contributed by atoms with E-state index < -0.39 is 11.9 Å². The van der Waals surface area contributed by atoms with Crippen LogP contribution in [0.25, 0.3) is 0 Å². The highest BCUT2D eigenvalue weighted by Crippen LogP contribution is 1.64. The van der Waals surface area contributed by atoms with E-state index in [0.717, 1.165) is 6.08 Å². The number of imide groups is 1. The second-order valence-electron chi connectivity index (χ2n) is 1.17. The summed E-state index contributed by atoms with van der Waals surface area (Å²) >= 11 is 0. The van der Waals surface area contributed by atoms with Gasteiger partial charge >= 0.3 is 6.03 Å². The quantitative estimate of drug-likeness (QED) is 0.181. The Kier molecular flexibility index (Phi) is 3.07. The van der Waals surface area contributed by atoms with Crippen LogP contribution >= 0.6 is 0 Å². The number of amides is 3. The van der Waals surface area contributed by atoms with Gasteiger partial charge in [-0.2, -0.15) is 0 Å². The molecule has 0 aliphatic carbocycles.